The number of carbonyl (C=O) groups is 1. The van der Waals surface area contributed by atoms with E-state index >= 15 is 0 Å². The first-order valence-electron chi connectivity index (χ1n) is 12.5. The highest BCUT2D eigenvalue weighted by molar-refractivity contribution is 5.99. The van der Waals surface area contributed by atoms with E-state index in [4.69, 9.17) is 9.26 Å². The van der Waals surface area contributed by atoms with Crippen LogP contribution in [0.25, 0.3) is 22.0 Å². The van der Waals surface area contributed by atoms with Gasteiger partial charge in [0.15, 0.2) is 0 Å². The van der Waals surface area contributed by atoms with Gasteiger partial charge in [-0.05, 0) is 44.7 Å². The fourth-order valence-corrected chi connectivity index (χ4v) is 5.49. The SMILES string of the molecule is COc1cc2c(cc1-c1c(C)noc1C)cc(C(=O)N1CCC1)c(=O)n2CCC1CCCCC1. The van der Waals surface area contributed by atoms with Crippen LogP contribution in [0.2, 0.25) is 0 Å². The summed E-state index contributed by atoms with van der Waals surface area (Å²) < 4.78 is 13.0. The molecule has 2 aliphatic rings. The molecule has 2 fully saturated rings. The van der Waals surface area contributed by atoms with Crippen molar-refractivity contribution in [1.29, 1.82) is 0 Å². The number of likely N-dealkylation sites (tertiary alicyclic amines) is 1. The molecular formula is C27H33N3O4. The summed E-state index contributed by atoms with van der Waals surface area (Å²) in [7, 11) is 1.63. The molecule has 0 atom stereocenters. The van der Waals surface area contributed by atoms with E-state index in [1.54, 1.807) is 22.6 Å². The summed E-state index contributed by atoms with van der Waals surface area (Å²) in [6.45, 7) is 5.81. The van der Waals surface area contributed by atoms with Gasteiger partial charge in [0.25, 0.3) is 11.5 Å². The fraction of sp³-hybridized carbons (Fsp3) is 0.519. The molecule has 0 bridgehead atoms. The number of aryl methyl sites for hydroxylation is 3. The van der Waals surface area contributed by atoms with E-state index in [2.05, 4.69) is 5.16 Å². The molecule has 1 saturated carbocycles. The molecule has 3 heterocycles. The van der Waals surface area contributed by atoms with Gasteiger partial charge in [0.2, 0.25) is 0 Å². The molecule has 0 spiro atoms. The summed E-state index contributed by atoms with van der Waals surface area (Å²) in [4.78, 5) is 28.5. The smallest absolute Gasteiger partial charge is 0.263 e. The van der Waals surface area contributed by atoms with E-state index in [0.29, 0.717) is 37.1 Å². The first kappa shape index (κ1) is 22.7. The zero-order chi connectivity index (χ0) is 23.8. The van der Waals surface area contributed by atoms with Gasteiger partial charge in [-0.2, -0.15) is 0 Å². The van der Waals surface area contributed by atoms with Crippen LogP contribution in [-0.2, 0) is 6.54 Å². The highest BCUT2D eigenvalue weighted by Crippen LogP contribution is 2.38. The topological polar surface area (TPSA) is 77.6 Å². The number of carbonyl (C=O) groups excluding carboxylic acids is 1. The summed E-state index contributed by atoms with van der Waals surface area (Å²) in [6, 6.07) is 5.69. The number of benzene rings is 1. The summed E-state index contributed by atoms with van der Waals surface area (Å²) in [5, 5.41) is 4.95. The van der Waals surface area contributed by atoms with Gasteiger partial charge in [0, 0.05) is 36.7 Å². The Hall–Kier alpha value is -3.09. The zero-order valence-electron chi connectivity index (χ0n) is 20.4. The molecule has 7 heteroatoms. The lowest BCUT2D eigenvalue weighted by Crippen LogP contribution is -2.44. The number of methoxy groups -OCH3 is 1. The Labute approximate surface area is 199 Å². The maximum absolute atomic E-state index is 13.6. The van der Waals surface area contributed by atoms with Crippen molar-refractivity contribution >= 4 is 16.8 Å². The minimum Gasteiger partial charge on any atom is -0.496 e. The third-order valence-corrected chi connectivity index (χ3v) is 7.58. The molecule has 0 radical (unpaired) electrons. The maximum Gasteiger partial charge on any atom is 0.263 e. The van der Waals surface area contributed by atoms with E-state index < -0.39 is 0 Å². The lowest BCUT2D eigenvalue weighted by molar-refractivity contribution is 0.0649. The molecule has 1 aliphatic carbocycles. The first-order chi connectivity index (χ1) is 16.5. The number of rotatable bonds is 6. The summed E-state index contributed by atoms with van der Waals surface area (Å²) in [5.41, 5.74) is 3.37. The molecule has 34 heavy (non-hydrogen) atoms. The van der Waals surface area contributed by atoms with E-state index in [1.807, 2.05) is 26.0 Å². The quantitative estimate of drug-likeness (QED) is 0.508. The molecule has 3 aromatic rings. The maximum atomic E-state index is 13.6. The Bertz CT molecular complexity index is 1260. The normalized spacial score (nSPS) is 16.6. The summed E-state index contributed by atoms with van der Waals surface area (Å²) in [6.07, 6.45) is 8.22. The van der Waals surface area contributed by atoms with Crippen LogP contribution in [0.15, 0.2) is 27.5 Å². The third-order valence-electron chi connectivity index (χ3n) is 7.58. The number of fused-ring (bicyclic) bond motifs is 1. The predicted molar refractivity (Wildman–Crippen MR) is 131 cm³/mol. The standard InChI is InChI=1S/C27H33N3O4/c1-17-25(18(2)34-28-17)21-14-20-15-22(26(31)29-11-7-12-29)27(32)30(23(20)16-24(21)33-3)13-10-19-8-5-4-6-9-19/h14-16,19H,4-13H2,1-3H3. The lowest BCUT2D eigenvalue weighted by atomic mass is 9.87. The molecule has 0 unspecified atom stereocenters. The Balaban J connectivity index is 1.66. The molecule has 1 aromatic carbocycles. The molecule has 1 amide bonds. The van der Waals surface area contributed by atoms with Crippen LogP contribution < -0.4 is 10.3 Å². The van der Waals surface area contributed by atoms with Gasteiger partial charge in [0.1, 0.15) is 17.1 Å². The van der Waals surface area contributed by atoms with Crippen molar-refractivity contribution < 1.29 is 14.1 Å². The largest absolute Gasteiger partial charge is 0.496 e. The number of aromatic nitrogens is 2. The predicted octanol–water partition coefficient (Wildman–Crippen LogP) is 5.10. The monoisotopic (exact) mass is 463 g/mol. The summed E-state index contributed by atoms with van der Waals surface area (Å²) in [5.74, 6) is 1.83. The van der Waals surface area contributed by atoms with Crippen LogP contribution in [0, 0.1) is 19.8 Å². The molecule has 2 aromatic heterocycles. The van der Waals surface area contributed by atoms with Crippen molar-refractivity contribution in [2.24, 2.45) is 5.92 Å². The molecule has 0 N–H and O–H groups in total. The fourth-order valence-electron chi connectivity index (χ4n) is 5.49. The van der Waals surface area contributed by atoms with E-state index in [1.165, 1.54) is 32.1 Å². The van der Waals surface area contributed by atoms with Gasteiger partial charge in [-0.15, -0.1) is 0 Å². The minimum atomic E-state index is -0.202. The minimum absolute atomic E-state index is 0.167. The summed E-state index contributed by atoms with van der Waals surface area (Å²) >= 11 is 0. The van der Waals surface area contributed by atoms with Gasteiger partial charge >= 0.3 is 0 Å². The lowest BCUT2D eigenvalue weighted by Gasteiger charge is -2.31. The van der Waals surface area contributed by atoms with Crippen LogP contribution in [0.3, 0.4) is 0 Å². The molecule has 180 valence electrons. The van der Waals surface area contributed by atoms with Crippen LogP contribution in [0.5, 0.6) is 5.75 Å². The molecular weight excluding hydrogens is 430 g/mol. The van der Waals surface area contributed by atoms with Crippen LogP contribution >= 0.6 is 0 Å². The van der Waals surface area contributed by atoms with Crippen molar-refractivity contribution in [2.45, 2.75) is 65.3 Å². The molecule has 1 saturated heterocycles. The number of hydrogen-bond acceptors (Lipinski definition) is 5. The van der Waals surface area contributed by atoms with Gasteiger partial charge in [0.05, 0.1) is 23.9 Å². The van der Waals surface area contributed by atoms with Gasteiger partial charge in [-0.25, -0.2) is 0 Å². The second kappa shape index (κ2) is 9.28. The number of amides is 1. The molecule has 5 rings (SSSR count). The zero-order valence-corrected chi connectivity index (χ0v) is 20.4. The second-order valence-corrected chi connectivity index (χ2v) is 9.76. The van der Waals surface area contributed by atoms with Crippen LogP contribution in [0.1, 0.15) is 66.8 Å². The van der Waals surface area contributed by atoms with E-state index in [9.17, 15) is 9.59 Å². The highest BCUT2D eigenvalue weighted by Gasteiger charge is 2.27. The van der Waals surface area contributed by atoms with Gasteiger partial charge in [-0.3, -0.25) is 9.59 Å². The van der Waals surface area contributed by atoms with Crippen molar-refractivity contribution in [3.8, 4) is 16.9 Å². The van der Waals surface area contributed by atoms with E-state index in [-0.39, 0.29) is 17.0 Å². The van der Waals surface area contributed by atoms with Crippen molar-refractivity contribution in [3.05, 3.63) is 45.6 Å². The van der Waals surface area contributed by atoms with Gasteiger partial charge in [-0.1, -0.05) is 37.3 Å². The second-order valence-electron chi connectivity index (χ2n) is 9.76. The molecule has 7 nitrogen and oxygen atoms in total. The Morgan fingerprint density at radius 2 is 1.88 bits per heavy atom. The van der Waals surface area contributed by atoms with Crippen molar-refractivity contribution in [3.63, 3.8) is 0 Å². The average molecular weight is 464 g/mol. The number of nitrogens with zero attached hydrogens (tertiary/aromatic N) is 3. The Morgan fingerprint density at radius 3 is 2.50 bits per heavy atom. The molecule has 1 aliphatic heterocycles. The highest BCUT2D eigenvalue weighted by atomic mass is 16.5. The average Bonchev–Trinajstić information content (AvgIpc) is 3.14. The first-order valence-corrected chi connectivity index (χ1v) is 12.5. The number of hydrogen-bond donors (Lipinski definition) is 0. The Kier molecular flexibility index (Phi) is 6.19. The number of pyridine rings is 1. The van der Waals surface area contributed by atoms with Crippen molar-refractivity contribution in [1.82, 2.24) is 14.6 Å². The third kappa shape index (κ3) is 4.01. The van der Waals surface area contributed by atoms with Crippen LogP contribution in [0.4, 0.5) is 0 Å². The van der Waals surface area contributed by atoms with Crippen molar-refractivity contribution in [2.75, 3.05) is 20.2 Å². The van der Waals surface area contributed by atoms with E-state index in [0.717, 1.165) is 40.6 Å². The Morgan fingerprint density at radius 1 is 1.12 bits per heavy atom. The number of ether oxygens (including phenoxy) is 1. The van der Waals surface area contributed by atoms with Gasteiger partial charge < -0.3 is 18.7 Å². The van der Waals surface area contributed by atoms with Crippen LogP contribution in [-0.4, -0.2) is 40.7 Å².